The minimum Gasteiger partial charge on any atom is -0.495 e. The maximum Gasteiger partial charge on any atom is 0.329 e. The third-order valence-corrected chi connectivity index (χ3v) is 3.36. The van der Waals surface area contributed by atoms with Crippen LogP contribution in [0.4, 0.5) is 10.5 Å². The SMILES string of the molecule is CCN(C(=O)Nc1cc(C)ccc1OC)C(C)(C)C(=O)O. The average molecular weight is 294 g/mol. The topological polar surface area (TPSA) is 78.9 Å². The Hall–Kier alpha value is -2.24. The van der Waals surface area contributed by atoms with Gasteiger partial charge >= 0.3 is 12.0 Å². The van der Waals surface area contributed by atoms with Crippen molar-refractivity contribution in [3.63, 3.8) is 0 Å². The second kappa shape index (κ2) is 6.47. The zero-order chi connectivity index (χ0) is 16.2. The Morgan fingerprint density at radius 1 is 1.38 bits per heavy atom. The first kappa shape index (κ1) is 16.8. The molecule has 0 radical (unpaired) electrons. The van der Waals surface area contributed by atoms with Crippen molar-refractivity contribution in [3.8, 4) is 5.75 Å². The van der Waals surface area contributed by atoms with Crippen molar-refractivity contribution in [1.82, 2.24) is 4.90 Å². The lowest BCUT2D eigenvalue weighted by Crippen LogP contribution is -2.54. The highest BCUT2D eigenvalue weighted by atomic mass is 16.5. The summed E-state index contributed by atoms with van der Waals surface area (Å²) in [7, 11) is 1.51. The van der Waals surface area contributed by atoms with E-state index in [2.05, 4.69) is 5.32 Å². The fourth-order valence-electron chi connectivity index (χ4n) is 2.01. The lowest BCUT2D eigenvalue weighted by Gasteiger charge is -2.34. The lowest BCUT2D eigenvalue weighted by molar-refractivity contribution is -0.147. The minimum absolute atomic E-state index is 0.277. The van der Waals surface area contributed by atoms with Gasteiger partial charge in [0.05, 0.1) is 12.8 Å². The minimum atomic E-state index is -1.30. The number of urea groups is 1. The molecule has 6 nitrogen and oxygen atoms in total. The molecule has 116 valence electrons. The predicted octanol–water partition coefficient (Wildman–Crippen LogP) is 2.72. The summed E-state index contributed by atoms with van der Waals surface area (Å²) in [5, 5.41) is 12.0. The number of amides is 2. The number of rotatable bonds is 5. The van der Waals surface area contributed by atoms with Crippen LogP contribution in [0.5, 0.6) is 5.75 Å². The second-order valence-corrected chi connectivity index (χ2v) is 5.24. The van der Waals surface area contributed by atoms with Crippen molar-refractivity contribution < 1.29 is 19.4 Å². The number of ether oxygens (including phenoxy) is 1. The zero-order valence-electron chi connectivity index (χ0n) is 13.1. The largest absolute Gasteiger partial charge is 0.495 e. The molecule has 2 amide bonds. The Kier molecular flexibility index (Phi) is 5.18. The average Bonchev–Trinajstić information content (AvgIpc) is 2.39. The molecule has 0 bridgehead atoms. The molecule has 0 saturated heterocycles. The summed E-state index contributed by atoms with van der Waals surface area (Å²) in [6, 6.07) is 4.92. The van der Waals surface area contributed by atoms with Gasteiger partial charge in [0, 0.05) is 6.54 Å². The van der Waals surface area contributed by atoms with Crippen molar-refractivity contribution in [2.45, 2.75) is 33.2 Å². The molecular weight excluding hydrogens is 272 g/mol. The molecule has 0 fully saturated rings. The van der Waals surface area contributed by atoms with Crippen LogP contribution in [0.25, 0.3) is 0 Å². The van der Waals surface area contributed by atoms with Gasteiger partial charge in [-0.15, -0.1) is 0 Å². The Morgan fingerprint density at radius 3 is 2.48 bits per heavy atom. The third-order valence-electron chi connectivity index (χ3n) is 3.36. The molecule has 1 aromatic rings. The van der Waals surface area contributed by atoms with E-state index < -0.39 is 17.5 Å². The van der Waals surface area contributed by atoms with Crippen molar-refractivity contribution in [3.05, 3.63) is 23.8 Å². The van der Waals surface area contributed by atoms with Crippen LogP contribution >= 0.6 is 0 Å². The molecule has 0 aliphatic rings. The van der Waals surface area contributed by atoms with Crippen LogP contribution in [-0.2, 0) is 4.79 Å². The Balaban J connectivity index is 3.04. The van der Waals surface area contributed by atoms with Gasteiger partial charge in [-0.05, 0) is 45.4 Å². The van der Waals surface area contributed by atoms with E-state index >= 15 is 0 Å². The van der Waals surface area contributed by atoms with Crippen LogP contribution in [0.1, 0.15) is 26.3 Å². The Labute approximate surface area is 124 Å². The maximum absolute atomic E-state index is 12.4. The number of hydrogen-bond donors (Lipinski definition) is 2. The van der Waals surface area contributed by atoms with Crippen LogP contribution in [0, 0.1) is 6.92 Å². The van der Waals surface area contributed by atoms with E-state index in [1.807, 2.05) is 13.0 Å². The van der Waals surface area contributed by atoms with E-state index in [-0.39, 0.29) is 6.54 Å². The standard InChI is InChI=1S/C15H22N2O4/c1-6-17(15(3,4)13(18)19)14(20)16-11-9-10(2)7-8-12(11)21-5/h7-9H,6H2,1-5H3,(H,16,20)(H,18,19). The molecular formula is C15H22N2O4. The number of likely N-dealkylation sites (N-methyl/N-ethyl adjacent to an activating group) is 1. The van der Waals surface area contributed by atoms with Gasteiger partial charge in [0.2, 0.25) is 0 Å². The molecule has 0 atom stereocenters. The predicted molar refractivity (Wildman–Crippen MR) is 80.8 cm³/mol. The van der Waals surface area contributed by atoms with Crippen molar-refractivity contribution in [2.75, 3.05) is 19.0 Å². The van der Waals surface area contributed by atoms with Gasteiger partial charge in [-0.2, -0.15) is 0 Å². The van der Waals surface area contributed by atoms with Crippen LogP contribution in [0.3, 0.4) is 0 Å². The summed E-state index contributed by atoms with van der Waals surface area (Å²) in [5.41, 5.74) is 0.185. The lowest BCUT2D eigenvalue weighted by atomic mass is 10.0. The summed E-state index contributed by atoms with van der Waals surface area (Å²) in [6.07, 6.45) is 0. The molecule has 0 spiro atoms. The number of carbonyl (C=O) groups excluding carboxylic acids is 1. The Bertz CT molecular complexity index is 540. The fraction of sp³-hybridized carbons (Fsp3) is 0.467. The Morgan fingerprint density at radius 2 is 2.00 bits per heavy atom. The molecule has 21 heavy (non-hydrogen) atoms. The summed E-state index contributed by atoms with van der Waals surface area (Å²) in [6.45, 7) is 6.89. The number of nitrogens with zero attached hydrogens (tertiary/aromatic N) is 1. The van der Waals surface area contributed by atoms with Crippen molar-refractivity contribution >= 4 is 17.7 Å². The van der Waals surface area contributed by atoms with Gasteiger partial charge in [0.25, 0.3) is 0 Å². The van der Waals surface area contributed by atoms with Gasteiger partial charge in [0.1, 0.15) is 11.3 Å². The van der Waals surface area contributed by atoms with E-state index in [4.69, 9.17) is 4.74 Å². The maximum atomic E-state index is 12.4. The highest BCUT2D eigenvalue weighted by Crippen LogP contribution is 2.26. The number of carboxylic acid groups (broad SMARTS) is 1. The summed E-state index contributed by atoms with van der Waals surface area (Å²) < 4.78 is 5.20. The number of carboxylic acids is 1. The van der Waals surface area contributed by atoms with Crippen LogP contribution in [0.2, 0.25) is 0 Å². The number of nitrogens with one attached hydrogen (secondary N) is 1. The second-order valence-electron chi connectivity index (χ2n) is 5.24. The highest BCUT2D eigenvalue weighted by molar-refractivity contribution is 5.94. The van der Waals surface area contributed by atoms with E-state index in [9.17, 15) is 14.7 Å². The van der Waals surface area contributed by atoms with Crippen molar-refractivity contribution in [1.29, 1.82) is 0 Å². The summed E-state index contributed by atoms with van der Waals surface area (Å²) in [4.78, 5) is 24.9. The smallest absolute Gasteiger partial charge is 0.329 e. The molecule has 0 aliphatic carbocycles. The number of aryl methyl sites for hydroxylation is 1. The first-order chi connectivity index (χ1) is 9.73. The summed E-state index contributed by atoms with van der Waals surface area (Å²) in [5.74, 6) is -0.533. The molecule has 0 unspecified atom stereocenters. The zero-order valence-corrected chi connectivity index (χ0v) is 13.1. The van der Waals surface area contributed by atoms with Gasteiger partial charge in [-0.25, -0.2) is 9.59 Å². The third kappa shape index (κ3) is 3.65. The van der Waals surface area contributed by atoms with E-state index in [1.54, 1.807) is 19.1 Å². The first-order valence-corrected chi connectivity index (χ1v) is 6.70. The quantitative estimate of drug-likeness (QED) is 0.875. The number of aliphatic carboxylic acids is 1. The molecule has 1 rings (SSSR count). The molecule has 0 heterocycles. The van der Waals surface area contributed by atoms with Crippen LogP contribution in [-0.4, -0.2) is 41.2 Å². The fourth-order valence-corrected chi connectivity index (χ4v) is 2.01. The molecule has 6 heteroatoms. The number of methoxy groups -OCH3 is 1. The van der Waals surface area contributed by atoms with Gasteiger partial charge in [-0.1, -0.05) is 6.07 Å². The van der Waals surface area contributed by atoms with Crippen LogP contribution in [0.15, 0.2) is 18.2 Å². The van der Waals surface area contributed by atoms with Crippen molar-refractivity contribution in [2.24, 2.45) is 0 Å². The first-order valence-electron chi connectivity index (χ1n) is 6.70. The monoisotopic (exact) mass is 294 g/mol. The van der Waals surface area contributed by atoms with E-state index in [1.165, 1.54) is 25.9 Å². The number of benzene rings is 1. The summed E-state index contributed by atoms with van der Waals surface area (Å²) >= 11 is 0. The van der Waals surface area contributed by atoms with E-state index in [0.717, 1.165) is 5.56 Å². The molecule has 0 saturated carbocycles. The van der Waals surface area contributed by atoms with Gasteiger partial charge in [0.15, 0.2) is 0 Å². The van der Waals surface area contributed by atoms with Gasteiger partial charge < -0.3 is 20.1 Å². The number of hydrogen-bond acceptors (Lipinski definition) is 3. The molecule has 1 aromatic carbocycles. The highest BCUT2D eigenvalue weighted by Gasteiger charge is 2.37. The van der Waals surface area contributed by atoms with Crippen LogP contribution < -0.4 is 10.1 Å². The molecule has 0 aromatic heterocycles. The number of anilines is 1. The van der Waals surface area contributed by atoms with E-state index in [0.29, 0.717) is 11.4 Å². The molecule has 0 aliphatic heterocycles. The normalized spacial score (nSPS) is 10.9. The van der Waals surface area contributed by atoms with Gasteiger partial charge in [-0.3, -0.25) is 0 Å². The number of carbonyl (C=O) groups is 2. The molecule has 2 N–H and O–H groups in total.